The average molecular weight is 384 g/mol. The van der Waals surface area contributed by atoms with Crippen LogP contribution in [0.1, 0.15) is 45.8 Å². The summed E-state index contributed by atoms with van der Waals surface area (Å²) in [5.41, 5.74) is 3.78. The van der Waals surface area contributed by atoms with Gasteiger partial charge >= 0.3 is 5.97 Å². The van der Waals surface area contributed by atoms with Crippen molar-refractivity contribution in [3.8, 4) is 0 Å². The van der Waals surface area contributed by atoms with Gasteiger partial charge in [-0.3, -0.25) is 4.79 Å². The van der Waals surface area contributed by atoms with E-state index < -0.39 is 5.97 Å². The minimum Gasteiger partial charge on any atom is -0.465 e. The number of esters is 1. The van der Waals surface area contributed by atoms with Crippen molar-refractivity contribution in [1.29, 1.82) is 0 Å². The van der Waals surface area contributed by atoms with Gasteiger partial charge in [-0.2, -0.15) is 0 Å². The Morgan fingerprint density at radius 3 is 2.48 bits per heavy atom. The number of aromatic nitrogens is 1. The number of carbonyl (C=O) groups excluding carboxylic acids is 2. The molecule has 0 unspecified atom stereocenters. The highest BCUT2D eigenvalue weighted by atomic mass is 35.5. The predicted octanol–water partition coefficient (Wildman–Crippen LogP) is 5.28. The number of halogens is 1. The van der Waals surface area contributed by atoms with Crippen molar-refractivity contribution in [3.05, 3.63) is 69.9 Å². The van der Waals surface area contributed by atoms with Crippen LogP contribution >= 0.6 is 11.6 Å². The zero-order chi connectivity index (χ0) is 19.7. The molecule has 0 aliphatic carbocycles. The predicted molar refractivity (Wildman–Crippen MR) is 108 cm³/mol. The molecule has 0 bridgehead atoms. The second kappa shape index (κ2) is 7.57. The molecule has 0 saturated carbocycles. The Balaban J connectivity index is 2.26. The number of hydrogen-bond acceptors (Lipinski definition) is 3. The molecule has 0 N–H and O–H groups in total. The molecule has 0 amide bonds. The van der Waals surface area contributed by atoms with Gasteiger partial charge in [0.25, 0.3) is 0 Å². The van der Waals surface area contributed by atoms with Crippen molar-refractivity contribution in [3.63, 3.8) is 0 Å². The fraction of sp³-hybridized carbons (Fsp3) is 0.273. The lowest BCUT2D eigenvalue weighted by Gasteiger charge is -2.11. The molecule has 1 heterocycles. The Labute approximate surface area is 163 Å². The molecule has 4 nitrogen and oxygen atoms in total. The first-order chi connectivity index (χ1) is 12.8. The van der Waals surface area contributed by atoms with Crippen LogP contribution in [0, 0.1) is 12.8 Å². The molecule has 3 aromatic rings. The van der Waals surface area contributed by atoms with Crippen LogP contribution in [0.3, 0.4) is 0 Å². The molecule has 140 valence electrons. The van der Waals surface area contributed by atoms with Crippen LogP contribution < -0.4 is 0 Å². The maximum Gasteiger partial charge on any atom is 0.337 e. The van der Waals surface area contributed by atoms with Crippen LogP contribution in [0.15, 0.2) is 42.5 Å². The third kappa shape index (κ3) is 3.50. The lowest BCUT2D eigenvalue weighted by Crippen LogP contribution is -2.10. The minimum atomic E-state index is -0.406. The Bertz CT molecular complexity index is 1030. The number of ketones is 1. The molecule has 2 aromatic carbocycles. The molecular formula is C22H22ClNO3. The van der Waals surface area contributed by atoms with Crippen LogP contribution in [0.5, 0.6) is 0 Å². The summed E-state index contributed by atoms with van der Waals surface area (Å²) in [5.74, 6) is -0.443. The van der Waals surface area contributed by atoms with Crippen molar-refractivity contribution >= 4 is 34.3 Å². The highest BCUT2D eigenvalue weighted by molar-refractivity contribution is 6.31. The van der Waals surface area contributed by atoms with E-state index in [1.807, 2.05) is 55.7 Å². The monoisotopic (exact) mass is 383 g/mol. The highest BCUT2D eigenvalue weighted by Crippen LogP contribution is 2.31. The Morgan fingerprint density at radius 2 is 1.85 bits per heavy atom. The number of rotatable bonds is 5. The maximum atomic E-state index is 12.9. The van der Waals surface area contributed by atoms with Gasteiger partial charge < -0.3 is 9.30 Å². The molecule has 0 aliphatic heterocycles. The summed E-state index contributed by atoms with van der Waals surface area (Å²) < 4.78 is 6.89. The van der Waals surface area contributed by atoms with E-state index in [1.54, 1.807) is 12.1 Å². The number of hydrogen-bond donors (Lipinski definition) is 0. The van der Waals surface area contributed by atoms with E-state index in [1.165, 1.54) is 7.11 Å². The minimum absolute atomic E-state index is 0.0845. The molecule has 3 rings (SSSR count). The number of Topliss-reactive ketones (excluding diaryl/α,β-unsaturated/α-hetero) is 1. The van der Waals surface area contributed by atoms with Crippen molar-refractivity contribution in [2.24, 2.45) is 5.92 Å². The first-order valence-electron chi connectivity index (χ1n) is 8.84. The second-order valence-corrected chi connectivity index (χ2v) is 7.29. The van der Waals surface area contributed by atoms with E-state index in [0.29, 0.717) is 22.7 Å². The van der Waals surface area contributed by atoms with Gasteiger partial charge in [0.05, 0.1) is 18.2 Å². The smallest absolute Gasteiger partial charge is 0.337 e. The molecule has 5 heteroatoms. The van der Waals surface area contributed by atoms with Crippen molar-refractivity contribution < 1.29 is 14.3 Å². The van der Waals surface area contributed by atoms with Crippen LogP contribution in [0.25, 0.3) is 10.9 Å². The average Bonchev–Trinajstić information content (AvgIpc) is 2.93. The quantitative estimate of drug-likeness (QED) is 0.445. The number of benzene rings is 2. The normalized spacial score (nSPS) is 11.2. The SMILES string of the molecule is COC(=O)c1ccc2c(C(=O)C(C)C)c(C)n(Cc3ccccc3Cl)c2c1. The molecule has 0 saturated heterocycles. The van der Waals surface area contributed by atoms with Crippen molar-refractivity contribution in [1.82, 2.24) is 4.57 Å². The number of ether oxygens (including phenoxy) is 1. The van der Waals surface area contributed by atoms with E-state index in [0.717, 1.165) is 22.2 Å². The lowest BCUT2D eigenvalue weighted by atomic mass is 9.98. The van der Waals surface area contributed by atoms with Crippen LogP contribution in [-0.4, -0.2) is 23.4 Å². The van der Waals surface area contributed by atoms with Gasteiger partial charge in [-0.25, -0.2) is 4.79 Å². The van der Waals surface area contributed by atoms with Crippen molar-refractivity contribution in [2.45, 2.75) is 27.3 Å². The van der Waals surface area contributed by atoms with E-state index in [-0.39, 0.29) is 11.7 Å². The van der Waals surface area contributed by atoms with E-state index in [4.69, 9.17) is 16.3 Å². The molecule has 1 aromatic heterocycles. The number of methoxy groups -OCH3 is 1. The zero-order valence-electron chi connectivity index (χ0n) is 15.9. The molecule has 0 aliphatic rings. The molecule has 0 fully saturated rings. The van der Waals surface area contributed by atoms with E-state index in [2.05, 4.69) is 0 Å². The summed E-state index contributed by atoms with van der Waals surface area (Å²) in [5, 5.41) is 1.51. The second-order valence-electron chi connectivity index (χ2n) is 6.88. The third-order valence-corrected chi connectivity index (χ3v) is 5.17. The van der Waals surface area contributed by atoms with Gasteiger partial charge in [-0.15, -0.1) is 0 Å². The molecule has 0 spiro atoms. The van der Waals surface area contributed by atoms with Crippen LogP contribution in [-0.2, 0) is 11.3 Å². The van der Waals surface area contributed by atoms with Gasteiger partial charge in [0.1, 0.15) is 0 Å². The van der Waals surface area contributed by atoms with Gasteiger partial charge in [0.15, 0.2) is 5.78 Å². The fourth-order valence-electron chi connectivity index (χ4n) is 3.32. The van der Waals surface area contributed by atoms with E-state index >= 15 is 0 Å². The van der Waals surface area contributed by atoms with Gasteiger partial charge in [0.2, 0.25) is 0 Å². The summed E-state index contributed by atoms with van der Waals surface area (Å²) >= 11 is 6.35. The summed E-state index contributed by atoms with van der Waals surface area (Å²) in [6.07, 6.45) is 0. The Hall–Kier alpha value is -2.59. The first kappa shape index (κ1) is 19.2. The summed E-state index contributed by atoms with van der Waals surface area (Å²) in [7, 11) is 1.36. The number of carbonyl (C=O) groups is 2. The number of nitrogens with zero attached hydrogens (tertiary/aromatic N) is 1. The third-order valence-electron chi connectivity index (χ3n) is 4.80. The van der Waals surface area contributed by atoms with Crippen LogP contribution in [0.4, 0.5) is 0 Å². The number of fused-ring (bicyclic) bond motifs is 1. The van der Waals surface area contributed by atoms with E-state index in [9.17, 15) is 9.59 Å². The Kier molecular flexibility index (Phi) is 5.38. The molecule has 0 atom stereocenters. The largest absolute Gasteiger partial charge is 0.465 e. The Morgan fingerprint density at radius 1 is 1.15 bits per heavy atom. The maximum absolute atomic E-state index is 12.9. The summed E-state index contributed by atoms with van der Waals surface area (Å²) in [6, 6.07) is 12.9. The fourth-order valence-corrected chi connectivity index (χ4v) is 3.52. The van der Waals surface area contributed by atoms with Crippen molar-refractivity contribution in [2.75, 3.05) is 7.11 Å². The highest BCUT2D eigenvalue weighted by Gasteiger charge is 2.23. The summed E-state index contributed by atoms with van der Waals surface area (Å²) in [6.45, 7) is 6.23. The molecular weight excluding hydrogens is 362 g/mol. The lowest BCUT2D eigenvalue weighted by molar-refractivity contribution is 0.0600. The van der Waals surface area contributed by atoms with Gasteiger partial charge in [-0.1, -0.05) is 49.7 Å². The molecule has 27 heavy (non-hydrogen) atoms. The van der Waals surface area contributed by atoms with Gasteiger partial charge in [-0.05, 0) is 30.7 Å². The van der Waals surface area contributed by atoms with Crippen LogP contribution in [0.2, 0.25) is 5.02 Å². The standard InChI is InChI=1S/C22H22ClNO3/c1-13(2)21(25)20-14(3)24(12-16-7-5-6-8-18(16)23)19-11-15(22(26)27-4)9-10-17(19)20/h5-11,13H,12H2,1-4H3. The molecule has 0 radical (unpaired) electrons. The zero-order valence-corrected chi connectivity index (χ0v) is 16.6. The summed E-state index contributed by atoms with van der Waals surface area (Å²) in [4.78, 5) is 24.9. The topological polar surface area (TPSA) is 48.3 Å². The van der Waals surface area contributed by atoms with Gasteiger partial charge in [0, 0.05) is 34.1 Å². The first-order valence-corrected chi connectivity index (χ1v) is 9.21.